The Morgan fingerprint density at radius 1 is 0.519 bits per heavy atom. The number of aromatic carboxylic acids is 2. The predicted octanol–water partition coefficient (Wildman–Crippen LogP) is 7.37. The number of aromatic nitrogens is 2. The van der Waals surface area contributed by atoms with E-state index in [0.717, 1.165) is 44.3 Å². The third kappa shape index (κ3) is 10.1. The van der Waals surface area contributed by atoms with E-state index in [9.17, 15) is 19.8 Å². The van der Waals surface area contributed by atoms with Gasteiger partial charge in [0, 0.05) is 67.1 Å². The van der Waals surface area contributed by atoms with Crippen LogP contribution in [-0.2, 0) is 22.5 Å². The molecule has 0 saturated carbocycles. The quantitative estimate of drug-likeness (QED) is 0.101. The fourth-order valence-electron chi connectivity index (χ4n) is 5.00. The molecule has 0 spiro atoms. The number of nitrogens with one attached hydrogen (secondary N) is 2. The molecule has 0 atom stereocenters. The number of carbonyl (C=O) groups is 2. The molecule has 7 aromatic rings. The molecular formula is C40H33Cl2MnN4O5+. The number of hydrogen-bond donors (Lipinski definition) is 2. The normalized spacial score (nSPS) is 9.92. The monoisotopic (exact) mass is 774 g/mol. The number of carboxylic acids is 2. The fraction of sp³-hybridized carbons (Fsp3) is 0.0500. The topological polar surface area (TPSA) is 163 Å². The first-order chi connectivity index (χ1) is 24.1. The largest absolute Gasteiger partial charge is 2.00 e. The van der Waals surface area contributed by atoms with Crippen LogP contribution < -0.4 is 20.8 Å². The SMILES string of the molecule is Cc1c(Cl)cccc1Nc1ccccc1C(=O)[O-].Cc1c(Cl)cccc1Nc1ccccc1C(=O)[O-].[Mn+2].[OH3+].c1cnc2c(c1)ccc1cccnc12. The van der Waals surface area contributed by atoms with Gasteiger partial charge in [0.2, 0.25) is 0 Å². The van der Waals surface area contributed by atoms with Gasteiger partial charge in [0.15, 0.2) is 0 Å². The molecule has 0 aliphatic rings. The van der Waals surface area contributed by atoms with Crippen molar-refractivity contribution in [3.8, 4) is 0 Å². The van der Waals surface area contributed by atoms with Gasteiger partial charge in [-0.25, -0.2) is 0 Å². The molecule has 0 fully saturated rings. The molecule has 0 saturated heterocycles. The number of carbonyl (C=O) groups excluding carboxylic acids is 2. The Bertz CT molecular complexity index is 2160. The van der Waals surface area contributed by atoms with Gasteiger partial charge in [0.25, 0.3) is 0 Å². The number of rotatable bonds is 6. The number of fused-ring (bicyclic) bond motifs is 3. The van der Waals surface area contributed by atoms with E-state index in [1.165, 1.54) is 12.1 Å². The van der Waals surface area contributed by atoms with Gasteiger partial charge in [-0.2, -0.15) is 0 Å². The van der Waals surface area contributed by atoms with Crippen molar-refractivity contribution in [2.75, 3.05) is 10.6 Å². The Morgan fingerprint density at radius 2 is 0.885 bits per heavy atom. The van der Waals surface area contributed by atoms with E-state index in [-0.39, 0.29) is 33.7 Å². The van der Waals surface area contributed by atoms with Crippen LogP contribution in [0.1, 0.15) is 31.8 Å². The number of carboxylic acid groups (broad SMARTS) is 2. The summed E-state index contributed by atoms with van der Waals surface area (Å²) >= 11 is 12.0. The van der Waals surface area contributed by atoms with E-state index < -0.39 is 11.9 Å². The standard InChI is InChI=1S/2C14H12ClNO2.C12H8N2.Mn.H2O/c2*1-9-11(15)6-4-8-12(9)16-13-7-3-2-5-10(13)14(17)18;1-3-9-5-6-10-4-2-8-14-12(10)11(9)13-7-1;;/h2*2-8,16H,1H3,(H,17,18);1-8H;;1H2/q;;;+2;/p-1. The summed E-state index contributed by atoms with van der Waals surface area (Å²) in [6.45, 7) is 3.73. The second-order valence-electron chi connectivity index (χ2n) is 11.0. The van der Waals surface area contributed by atoms with E-state index in [2.05, 4.69) is 44.9 Å². The summed E-state index contributed by atoms with van der Waals surface area (Å²) in [6, 6.07) is 36.2. The van der Waals surface area contributed by atoms with Crippen LogP contribution in [0, 0.1) is 13.8 Å². The second-order valence-corrected chi connectivity index (χ2v) is 11.8. The third-order valence-corrected chi connectivity index (χ3v) is 8.53. The van der Waals surface area contributed by atoms with Gasteiger partial charge in [-0.05, 0) is 73.5 Å². The van der Waals surface area contributed by atoms with Gasteiger partial charge in [-0.15, -0.1) is 0 Å². The minimum atomic E-state index is -1.21. The van der Waals surface area contributed by atoms with Crippen LogP contribution in [0.25, 0.3) is 21.8 Å². The number of pyridine rings is 2. The number of benzene rings is 5. The molecule has 5 N–H and O–H groups in total. The fourth-order valence-corrected chi connectivity index (χ4v) is 5.35. The predicted molar refractivity (Wildman–Crippen MR) is 202 cm³/mol. The Kier molecular flexibility index (Phi) is 15.1. The van der Waals surface area contributed by atoms with Crippen LogP contribution in [0.15, 0.2) is 134 Å². The van der Waals surface area contributed by atoms with Crippen LogP contribution in [0.4, 0.5) is 22.7 Å². The van der Waals surface area contributed by atoms with Gasteiger partial charge in [0.1, 0.15) is 0 Å². The first-order valence-corrected chi connectivity index (χ1v) is 16.1. The number of anilines is 4. The molecule has 5 aromatic carbocycles. The molecule has 0 bridgehead atoms. The second kappa shape index (κ2) is 19.2. The number of hydrogen-bond acceptors (Lipinski definition) is 8. The molecule has 0 unspecified atom stereocenters. The summed E-state index contributed by atoms with van der Waals surface area (Å²) in [7, 11) is 0. The third-order valence-electron chi connectivity index (χ3n) is 7.71. The maximum atomic E-state index is 11.0. The summed E-state index contributed by atoms with van der Waals surface area (Å²) in [5, 5.41) is 31.6. The van der Waals surface area contributed by atoms with E-state index >= 15 is 0 Å². The van der Waals surface area contributed by atoms with Gasteiger partial charge in [-0.3, -0.25) is 9.97 Å². The van der Waals surface area contributed by atoms with Crippen molar-refractivity contribution in [3.05, 3.63) is 166 Å². The van der Waals surface area contributed by atoms with Gasteiger partial charge in [-0.1, -0.05) is 96.0 Å². The van der Waals surface area contributed by atoms with Crippen molar-refractivity contribution in [3.63, 3.8) is 0 Å². The van der Waals surface area contributed by atoms with E-state index in [0.29, 0.717) is 21.4 Å². The average molecular weight is 776 g/mol. The molecule has 263 valence electrons. The molecule has 2 aromatic heterocycles. The van der Waals surface area contributed by atoms with Crippen molar-refractivity contribution in [2.45, 2.75) is 13.8 Å². The summed E-state index contributed by atoms with van der Waals surface area (Å²) in [5.41, 5.74) is 6.46. The van der Waals surface area contributed by atoms with Crippen molar-refractivity contribution in [2.24, 2.45) is 0 Å². The van der Waals surface area contributed by atoms with Crippen molar-refractivity contribution < 1.29 is 42.3 Å². The molecule has 2 heterocycles. The molecule has 12 heteroatoms. The Morgan fingerprint density at radius 3 is 1.27 bits per heavy atom. The maximum Gasteiger partial charge on any atom is 2.00 e. The van der Waals surface area contributed by atoms with Crippen LogP contribution in [0.2, 0.25) is 10.0 Å². The van der Waals surface area contributed by atoms with E-state index in [4.69, 9.17) is 23.2 Å². The Labute approximate surface area is 321 Å². The summed E-state index contributed by atoms with van der Waals surface area (Å²) in [5.74, 6) is -2.42. The molecule has 1 radical (unpaired) electrons. The smallest absolute Gasteiger partial charge is 0.545 e. The molecule has 0 amide bonds. The number of nitrogens with zero attached hydrogens (tertiary/aromatic N) is 2. The van der Waals surface area contributed by atoms with Crippen molar-refractivity contribution in [1.29, 1.82) is 0 Å². The van der Waals surface area contributed by atoms with Gasteiger partial charge < -0.3 is 35.9 Å². The van der Waals surface area contributed by atoms with Crippen molar-refractivity contribution in [1.82, 2.24) is 9.97 Å². The van der Waals surface area contributed by atoms with Crippen LogP contribution in [0.5, 0.6) is 0 Å². The molecule has 7 rings (SSSR count). The Balaban J connectivity index is 0.000000208. The van der Waals surface area contributed by atoms with Crippen LogP contribution in [0.3, 0.4) is 0 Å². The molecule has 0 aliphatic carbocycles. The molecular weight excluding hydrogens is 742 g/mol. The maximum absolute atomic E-state index is 11.0. The number of halogens is 2. The molecule has 0 aliphatic heterocycles. The Hall–Kier alpha value is -5.48. The number of para-hydroxylation sites is 2. The molecule has 9 nitrogen and oxygen atoms in total. The van der Waals surface area contributed by atoms with Crippen LogP contribution >= 0.6 is 23.2 Å². The zero-order valence-corrected chi connectivity index (χ0v) is 30.6. The van der Waals surface area contributed by atoms with E-state index in [1.54, 1.807) is 73.1 Å². The van der Waals surface area contributed by atoms with Gasteiger partial charge >= 0.3 is 17.1 Å². The van der Waals surface area contributed by atoms with E-state index in [1.807, 2.05) is 38.1 Å². The van der Waals surface area contributed by atoms with Gasteiger partial charge in [0.05, 0.1) is 23.0 Å². The average Bonchev–Trinajstić information content (AvgIpc) is 3.13. The summed E-state index contributed by atoms with van der Waals surface area (Å²) in [6.07, 6.45) is 3.60. The van der Waals surface area contributed by atoms with Crippen LogP contribution in [-0.4, -0.2) is 21.9 Å². The first kappa shape index (κ1) is 40.9. The first-order valence-electron chi connectivity index (χ1n) is 15.4. The van der Waals surface area contributed by atoms with Crippen molar-refractivity contribution >= 4 is 79.7 Å². The minimum absolute atomic E-state index is 0. The summed E-state index contributed by atoms with van der Waals surface area (Å²) in [4.78, 5) is 30.7. The molecule has 52 heavy (non-hydrogen) atoms. The zero-order valence-electron chi connectivity index (χ0n) is 27.9. The minimum Gasteiger partial charge on any atom is -0.545 e. The summed E-state index contributed by atoms with van der Waals surface area (Å²) < 4.78 is 0. The zero-order chi connectivity index (χ0) is 35.6.